The fraction of sp³-hybridized carbons (Fsp3) is 0.304. The lowest BCUT2D eigenvalue weighted by molar-refractivity contribution is -0.129. The second kappa shape index (κ2) is 9.28. The van der Waals surface area contributed by atoms with E-state index in [-0.39, 0.29) is 5.91 Å². The van der Waals surface area contributed by atoms with E-state index in [1.807, 2.05) is 73.1 Å². The minimum Gasteiger partial charge on any atom is -0.497 e. The molecule has 0 atom stereocenters. The average Bonchev–Trinajstić information content (AvgIpc) is 3.03. The van der Waals surface area contributed by atoms with Gasteiger partial charge in [-0.3, -0.25) is 4.79 Å². The Kier molecular flexibility index (Phi) is 6.54. The van der Waals surface area contributed by atoms with Crippen LogP contribution in [0, 0.1) is 13.8 Å². The van der Waals surface area contributed by atoms with Crippen molar-refractivity contribution >= 4 is 5.91 Å². The number of carbonyl (C=O) groups excluding carboxylic acids is 1. The number of carbonyl (C=O) groups is 1. The third-order valence-corrected chi connectivity index (χ3v) is 4.95. The van der Waals surface area contributed by atoms with Crippen LogP contribution in [0.2, 0.25) is 0 Å². The van der Waals surface area contributed by atoms with Crippen LogP contribution in [0.1, 0.15) is 17.0 Å². The van der Waals surface area contributed by atoms with Gasteiger partial charge >= 0.3 is 0 Å². The average molecular weight is 393 g/mol. The minimum atomic E-state index is 0.0437. The molecule has 0 aliphatic heterocycles. The topological polar surface area (TPSA) is 56.6 Å². The smallest absolute Gasteiger partial charge is 0.226 e. The van der Waals surface area contributed by atoms with E-state index < -0.39 is 0 Å². The van der Waals surface area contributed by atoms with Gasteiger partial charge < -0.3 is 14.4 Å². The number of para-hydroxylation sites is 1. The summed E-state index contributed by atoms with van der Waals surface area (Å²) in [6, 6.07) is 17.3. The molecule has 29 heavy (non-hydrogen) atoms. The van der Waals surface area contributed by atoms with E-state index >= 15 is 0 Å². The lowest BCUT2D eigenvalue weighted by atomic mass is 10.1. The molecule has 6 heteroatoms. The lowest BCUT2D eigenvalue weighted by Crippen LogP contribution is -2.32. The number of aromatic nitrogens is 2. The van der Waals surface area contributed by atoms with E-state index in [9.17, 15) is 4.79 Å². The maximum atomic E-state index is 12.7. The number of amides is 1. The number of hydrogen-bond donors (Lipinski definition) is 0. The van der Waals surface area contributed by atoms with E-state index in [1.54, 1.807) is 19.1 Å². The first-order chi connectivity index (χ1) is 14.0. The molecule has 3 aromatic rings. The van der Waals surface area contributed by atoms with Gasteiger partial charge in [0, 0.05) is 18.3 Å². The summed E-state index contributed by atoms with van der Waals surface area (Å²) in [5.74, 6) is 1.58. The molecule has 0 aliphatic carbocycles. The molecule has 6 nitrogen and oxygen atoms in total. The molecule has 0 saturated heterocycles. The van der Waals surface area contributed by atoms with Crippen molar-refractivity contribution in [3.63, 3.8) is 0 Å². The third kappa shape index (κ3) is 4.96. The molecule has 0 unspecified atom stereocenters. The van der Waals surface area contributed by atoms with E-state index in [0.29, 0.717) is 19.6 Å². The van der Waals surface area contributed by atoms with Crippen molar-refractivity contribution in [2.24, 2.45) is 0 Å². The van der Waals surface area contributed by atoms with Gasteiger partial charge in [-0.1, -0.05) is 18.2 Å². The molecule has 3 rings (SSSR count). The van der Waals surface area contributed by atoms with E-state index in [4.69, 9.17) is 9.47 Å². The Morgan fingerprint density at radius 3 is 2.34 bits per heavy atom. The highest BCUT2D eigenvalue weighted by Gasteiger charge is 2.18. The molecule has 1 amide bonds. The second-order valence-electron chi connectivity index (χ2n) is 6.91. The van der Waals surface area contributed by atoms with Gasteiger partial charge in [0.15, 0.2) is 0 Å². The number of methoxy groups -OCH3 is 1. The van der Waals surface area contributed by atoms with Crippen LogP contribution >= 0.6 is 0 Å². The lowest BCUT2D eigenvalue weighted by Gasteiger charge is -2.18. The zero-order valence-corrected chi connectivity index (χ0v) is 17.4. The van der Waals surface area contributed by atoms with Crippen LogP contribution in [0.15, 0.2) is 54.6 Å². The molecule has 0 radical (unpaired) electrons. The van der Waals surface area contributed by atoms with Crippen LogP contribution in [-0.4, -0.2) is 47.9 Å². The largest absolute Gasteiger partial charge is 0.497 e. The zero-order valence-electron chi connectivity index (χ0n) is 17.4. The van der Waals surface area contributed by atoms with Gasteiger partial charge in [0.2, 0.25) is 5.91 Å². The molecule has 0 spiro atoms. The van der Waals surface area contributed by atoms with E-state index in [1.165, 1.54) is 0 Å². The first-order valence-electron chi connectivity index (χ1n) is 9.61. The Balaban J connectivity index is 1.57. The van der Waals surface area contributed by atoms with Crippen molar-refractivity contribution in [3.8, 4) is 17.2 Å². The summed E-state index contributed by atoms with van der Waals surface area (Å²) < 4.78 is 12.7. The van der Waals surface area contributed by atoms with Crippen molar-refractivity contribution in [2.45, 2.75) is 20.3 Å². The molecule has 2 aromatic carbocycles. The second-order valence-corrected chi connectivity index (χ2v) is 6.91. The predicted molar refractivity (Wildman–Crippen MR) is 113 cm³/mol. The fourth-order valence-corrected chi connectivity index (χ4v) is 3.13. The maximum absolute atomic E-state index is 12.7. The summed E-state index contributed by atoms with van der Waals surface area (Å²) in [5.41, 5.74) is 3.84. The number of nitrogens with zero attached hydrogens (tertiary/aromatic N) is 3. The number of likely N-dealkylation sites (N-methyl/N-ethyl adjacent to an activating group) is 1. The fourth-order valence-electron chi connectivity index (χ4n) is 3.13. The summed E-state index contributed by atoms with van der Waals surface area (Å²) in [4.78, 5) is 14.4. The number of rotatable bonds is 8. The Labute approximate surface area is 171 Å². The van der Waals surface area contributed by atoms with E-state index in [0.717, 1.165) is 34.1 Å². The molecular weight excluding hydrogens is 366 g/mol. The monoisotopic (exact) mass is 393 g/mol. The molecule has 0 saturated carbocycles. The molecule has 152 valence electrons. The Morgan fingerprint density at radius 1 is 1.03 bits per heavy atom. The van der Waals surface area contributed by atoms with Crippen molar-refractivity contribution in [2.75, 3.05) is 27.3 Å². The van der Waals surface area contributed by atoms with Crippen LogP contribution in [0.4, 0.5) is 0 Å². The van der Waals surface area contributed by atoms with Crippen LogP contribution in [0.5, 0.6) is 11.5 Å². The van der Waals surface area contributed by atoms with Crippen molar-refractivity contribution < 1.29 is 14.3 Å². The van der Waals surface area contributed by atoms with Crippen LogP contribution in [0.25, 0.3) is 5.69 Å². The van der Waals surface area contributed by atoms with Crippen LogP contribution < -0.4 is 9.47 Å². The van der Waals surface area contributed by atoms with Gasteiger partial charge in [-0.15, -0.1) is 0 Å². The number of aryl methyl sites for hydroxylation is 1. The highest BCUT2D eigenvalue weighted by atomic mass is 16.5. The molecule has 0 N–H and O–H groups in total. The summed E-state index contributed by atoms with van der Waals surface area (Å²) >= 11 is 0. The van der Waals surface area contributed by atoms with Crippen LogP contribution in [0.3, 0.4) is 0 Å². The molecule has 1 heterocycles. The molecular formula is C23H27N3O3. The number of benzene rings is 2. The first kappa shape index (κ1) is 20.5. The van der Waals surface area contributed by atoms with Crippen molar-refractivity contribution in [1.82, 2.24) is 14.7 Å². The Morgan fingerprint density at radius 2 is 1.69 bits per heavy atom. The van der Waals surface area contributed by atoms with Crippen molar-refractivity contribution in [3.05, 3.63) is 71.5 Å². The SMILES string of the molecule is COc1ccc(OCCN(C)C(=O)Cc2c(C)nn(-c3ccccc3)c2C)cc1. The molecule has 0 bridgehead atoms. The quantitative estimate of drug-likeness (QED) is 0.587. The highest BCUT2D eigenvalue weighted by molar-refractivity contribution is 5.79. The summed E-state index contributed by atoms with van der Waals surface area (Å²) in [6.07, 6.45) is 0.323. The Hall–Kier alpha value is -3.28. The predicted octanol–water partition coefficient (Wildman–Crippen LogP) is 3.58. The molecule has 0 aliphatic rings. The number of hydrogen-bond acceptors (Lipinski definition) is 4. The Bertz CT molecular complexity index is 950. The number of ether oxygens (including phenoxy) is 2. The van der Waals surface area contributed by atoms with Gasteiger partial charge in [-0.2, -0.15) is 5.10 Å². The van der Waals surface area contributed by atoms with E-state index in [2.05, 4.69) is 5.10 Å². The van der Waals surface area contributed by atoms with Gasteiger partial charge in [-0.25, -0.2) is 4.68 Å². The van der Waals surface area contributed by atoms with Crippen molar-refractivity contribution in [1.29, 1.82) is 0 Å². The van der Waals surface area contributed by atoms with Gasteiger partial charge in [0.05, 0.1) is 31.5 Å². The van der Waals surface area contributed by atoms with Crippen LogP contribution in [-0.2, 0) is 11.2 Å². The normalized spacial score (nSPS) is 10.6. The molecule has 0 fully saturated rings. The third-order valence-electron chi connectivity index (χ3n) is 4.95. The maximum Gasteiger partial charge on any atom is 0.226 e. The summed E-state index contributed by atoms with van der Waals surface area (Å²) in [5, 5.41) is 4.62. The van der Waals surface area contributed by atoms with Gasteiger partial charge in [0.25, 0.3) is 0 Å². The van der Waals surface area contributed by atoms with Gasteiger partial charge in [-0.05, 0) is 50.2 Å². The standard InChI is InChI=1S/C23H27N3O3/c1-17-22(18(2)26(24-17)19-8-6-5-7-9-19)16-23(27)25(3)14-15-29-21-12-10-20(28-4)11-13-21/h5-13H,14-16H2,1-4H3. The highest BCUT2D eigenvalue weighted by Crippen LogP contribution is 2.19. The minimum absolute atomic E-state index is 0.0437. The summed E-state index contributed by atoms with van der Waals surface area (Å²) in [6.45, 7) is 4.88. The molecule has 1 aromatic heterocycles. The van der Waals surface area contributed by atoms with Gasteiger partial charge in [0.1, 0.15) is 18.1 Å². The zero-order chi connectivity index (χ0) is 20.8. The first-order valence-corrected chi connectivity index (χ1v) is 9.61. The summed E-state index contributed by atoms with van der Waals surface area (Å²) in [7, 11) is 3.43.